The fourth-order valence-corrected chi connectivity index (χ4v) is 1.99. The van der Waals surface area contributed by atoms with E-state index < -0.39 is 5.97 Å². The third kappa shape index (κ3) is 3.52. The van der Waals surface area contributed by atoms with Crippen LogP contribution in [0.2, 0.25) is 5.02 Å². The molecule has 104 valence electrons. The van der Waals surface area contributed by atoms with E-state index in [1.54, 1.807) is 0 Å². The number of benzene rings is 2. The van der Waals surface area contributed by atoms with Crippen molar-refractivity contribution in [2.24, 2.45) is 0 Å². The van der Waals surface area contributed by atoms with Gasteiger partial charge < -0.3 is 9.84 Å². The van der Waals surface area contributed by atoms with Gasteiger partial charge in [0, 0.05) is 5.02 Å². The minimum atomic E-state index is -1.03. The summed E-state index contributed by atoms with van der Waals surface area (Å²) in [5.41, 5.74) is 2.35. The number of aromatic carboxylic acids is 1. The first-order valence-electron chi connectivity index (χ1n) is 6.33. The minimum Gasteiger partial charge on any atom is -0.488 e. The van der Waals surface area contributed by atoms with Crippen LogP contribution in [0.25, 0.3) is 0 Å². The number of carbonyl (C=O) groups is 1. The zero-order valence-electron chi connectivity index (χ0n) is 11.1. The van der Waals surface area contributed by atoms with Crippen LogP contribution in [0.5, 0.6) is 5.75 Å². The number of carboxylic acids is 1. The molecule has 20 heavy (non-hydrogen) atoms. The lowest BCUT2D eigenvalue weighted by Gasteiger charge is -2.10. The molecule has 0 saturated heterocycles. The molecule has 2 rings (SSSR count). The molecular weight excluding hydrogens is 276 g/mol. The van der Waals surface area contributed by atoms with Gasteiger partial charge in [0.15, 0.2) is 0 Å². The Kier molecular flexibility index (Phi) is 4.64. The zero-order valence-corrected chi connectivity index (χ0v) is 11.9. The Morgan fingerprint density at radius 1 is 1.15 bits per heavy atom. The van der Waals surface area contributed by atoms with E-state index in [0.29, 0.717) is 11.6 Å². The molecule has 4 heteroatoms. The molecule has 0 saturated carbocycles. The molecule has 0 fully saturated rings. The number of hydrogen-bond acceptors (Lipinski definition) is 2. The molecule has 0 heterocycles. The molecule has 0 amide bonds. The normalized spacial score (nSPS) is 10.3. The van der Waals surface area contributed by atoms with Gasteiger partial charge in [-0.25, -0.2) is 4.79 Å². The largest absolute Gasteiger partial charge is 0.488 e. The van der Waals surface area contributed by atoms with Crippen LogP contribution in [-0.4, -0.2) is 11.1 Å². The van der Waals surface area contributed by atoms with E-state index in [1.807, 2.05) is 24.3 Å². The van der Waals surface area contributed by atoms with E-state index >= 15 is 0 Å². The van der Waals surface area contributed by atoms with E-state index in [0.717, 1.165) is 12.0 Å². The summed E-state index contributed by atoms with van der Waals surface area (Å²) < 4.78 is 5.57. The van der Waals surface area contributed by atoms with Gasteiger partial charge in [-0.3, -0.25) is 0 Å². The summed E-state index contributed by atoms with van der Waals surface area (Å²) in [6.45, 7) is 2.40. The van der Waals surface area contributed by atoms with Crippen LogP contribution in [0, 0.1) is 0 Å². The monoisotopic (exact) mass is 290 g/mol. The van der Waals surface area contributed by atoms with Crippen LogP contribution < -0.4 is 4.74 Å². The highest BCUT2D eigenvalue weighted by Gasteiger charge is 2.11. The highest BCUT2D eigenvalue weighted by atomic mass is 35.5. The maximum atomic E-state index is 11.1. The van der Waals surface area contributed by atoms with E-state index in [2.05, 4.69) is 6.92 Å². The van der Waals surface area contributed by atoms with Gasteiger partial charge in [0.05, 0.1) is 0 Å². The van der Waals surface area contributed by atoms with Crippen LogP contribution in [0.15, 0.2) is 42.5 Å². The summed E-state index contributed by atoms with van der Waals surface area (Å²) in [4.78, 5) is 11.1. The third-order valence-electron chi connectivity index (χ3n) is 3.00. The van der Waals surface area contributed by atoms with Crippen LogP contribution >= 0.6 is 11.6 Å². The number of hydrogen-bond donors (Lipinski definition) is 1. The molecule has 0 spiro atoms. The van der Waals surface area contributed by atoms with Gasteiger partial charge in [-0.05, 0) is 35.7 Å². The average Bonchev–Trinajstić information content (AvgIpc) is 2.45. The smallest absolute Gasteiger partial charge is 0.339 e. The first-order chi connectivity index (χ1) is 9.60. The summed E-state index contributed by atoms with van der Waals surface area (Å²) in [6.07, 6.45) is 0.985. The number of rotatable bonds is 5. The van der Waals surface area contributed by atoms with Gasteiger partial charge in [-0.15, -0.1) is 0 Å². The van der Waals surface area contributed by atoms with Crippen molar-refractivity contribution in [2.45, 2.75) is 20.0 Å². The molecule has 0 aromatic heterocycles. The van der Waals surface area contributed by atoms with Crippen molar-refractivity contribution >= 4 is 17.6 Å². The molecule has 0 atom stereocenters. The van der Waals surface area contributed by atoms with Gasteiger partial charge in [0.2, 0.25) is 0 Å². The van der Waals surface area contributed by atoms with Crippen LogP contribution in [0.1, 0.15) is 28.4 Å². The molecule has 0 radical (unpaired) electrons. The lowest BCUT2D eigenvalue weighted by Crippen LogP contribution is -2.03. The molecule has 0 bridgehead atoms. The SMILES string of the molecule is CCc1ccc(COc2cc(Cl)ccc2C(=O)O)cc1. The summed E-state index contributed by atoms with van der Waals surface area (Å²) in [7, 11) is 0. The van der Waals surface area contributed by atoms with Crippen molar-refractivity contribution in [3.05, 3.63) is 64.2 Å². The fourth-order valence-electron chi connectivity index (χ4n) is 1.82. The molecule has 0 aliphatic heterocycles. The topological polar surface area (TPSA) is 46.5 Å². The van der Waals surface area contributed by atoms with Gasteiger partial charge in [-0.2, -0.15) is 0 Å². The molecule has 0 aliphatic carbocycles. The Morgan fingerprint density at radius 3 is 2.40 bits per heavy atom. The van der Waals surface area contributed by atoms with Gasteiger partial charge in [0.25, 0.3) is 0 Å². The lowest BCUT2D eigenvalue weighted by molar-refractivity contribution is 0.0692. The van der Waals surface area contributed by atoms with Crippen molar-refractivity contribution < 1.29 is 14.6 Å². The zero-order chi connectivity index (χ0) is 14.5. The minimum absolute atomic E-state index is 0.111. The van der Waals surface area contributed by atoms with Crippen molar-refractivity contribution in [3.8, 4) is 5.75 Å². The number of carboxylic acid groups (broad SMARTS) is 1. The van der Waals surface area contributed by atoms with Crippen LogP contribution in [0.4, 0.5) is 0 Å². The Morgan fingerprint density at radius 2 is 1.80 bits per heavy atom. The summed E-state index contributed by atoms with van der Waals surface area (Å²) >= 11 is 5.87. The van der Waals surface area contributed by atoms with Gasteiger partial charge in [0.1, 0.15) is 17.9 Å². The summed E-state index contributed by atoms with van der Waals surface area (Å²) in [5.74, 6) is -0.748. The van der Waals surface area contributed by atoms with E-state index in [-0.39, 0.29) is 11.3 Å². The number of halogens is 1. The van der Waals surface area contributed by atoms with Crippen LogP contribution in [-0.2, 0) is 13.0 Å². The highest BCUT2D eigenvalue weighted by molar-refractivity contribution is 6.30. The maximum absolute atomic E-state index is 11.1. The fraction of sp³-hybridized carbons (Fsp3) is 0.188. The molecular formula is C16H15ClO3. The van der Waals surface area contributed by atoms with Gasteiger partial charge >= 0.3 is 5.97 Å². The third-order valence-corrected chi connectivity index (χ3v) is 3.23. The highest BCUT2D eigenvalue weighted by Crippen LogP contribution is 2.24. The molecule has 0 aliphatic rings. The number of ether oxygens (including phenoxy) is 1. The lowest BCUT2D eigenvalue weighted by atomic mass is 10.1. The van der Waals surface area contributed by atoms with Crippen molar-refractivity contribution in [3.63, 3.8) is 0 Å². The molecule has 0 unspecified atom stereocenters. The Balaban J connectivity index is 2.13. The Bertz CT molecular complexity index is 606. The van der Waals surface area contributed by atoms with E-state index in [9.17, 15) is 4.79 Å². The molecule has 2 aromatic rings. The quantitative estimate of drug-likeness (QED) is 0.898. The average molecular weight is 291 g/mol. The van der Waals surface area contributed by atoms with E-state index in [1.165, 1.54) is 23.8 Å². The Labute approximate surface area is 122 Å². The van der Waals surface area contributed by atoms with Crippen molar-refractivity contribution in [2.75, 3.05) is 0 Å². The molecule has 1 N–H and O–H groups in total. The second-order valence-corrected chi connectivity index (χ2v) is 4.84. The summed E-state index contributed by atoms with van der Waals surface area (Å²) in [5, 5.41) is 9.55. The second-order valence-electron chi connectivity index (χ2n) is 4.40. The van der Waals surface area contributed by atoms with E-state index in [4.69, 9.17) is 21.4 Å². The molecule has 2 aromatic carbocycles. The van der Waals surface area contributed by atoms with Crippen molar-refractivity contribution in [1.29, 1.82) is 0 Å². The number of aryl methyl sites for hydroxylation is 1. The first kappa shape index (κ1) is 14.4. The van der Waals surface area contributed by atoms with Gasteiger partial charge in [-0.1, -0.05) is 42.8 Å². The predicted molar refractivity (Wildman–Crippen MR) is 78.6 cm³/mol. The molecule has 3 nitrogen and oxygen atoms in total. The first-order valence-corrected chi connectivity index (χ1v) is 6.71. The Hall–Kier alpha value is -2.00. The van der Waals surface area contributed by atoms with Crippen LogP contribution in [0.3, 0.4) is 0 Å². The standard InChI is InChI=1S/C16H15ClO3/c1-2-11-3-5-12(6-4-11)10-20-15-9-13(17)7-8-14(15)16(18)19/h3-9H,2,10H2,1H3,(H,18,19). The predicted octanol–water partition coefficient (Wildman–Crippen LogP) is 4.18. The maximum Gasteiger partial charge on any atom is 0.339 e. The van der Waals surface area contributed by atoms with Crippen molar-refractivity contribution in [1.82, 2.24) is 0 Å². The second kappa shape index (κ2) is 6.44. The summed E-state index contributed by atoms with van der Waals surface area (Å²) in [6, 6.07) is 12.5.